The fourth-order valence-electron chi connectivity index (χ4n) is 3.41. The van der Waals surface area contributed by atoms with Crippen molar-refractivity contribution in [3.63, 3.8) is 0 Å². The van der Waals surface area contributed by atoms with Gasteiger partial charge in [-0.1, -0.05) is 30.3 Å². The smallest absolute Gasteiger partial charge is 0.416 e. The molecule has 0 saturated carbocycles. The molecule has 4 rings (SSSR count). The number of anilines is 1. The van der Waals surface area contributed by atoms with Crippen molar-refractivity contribution in [1.29, 1.82) is 0 Å². The number of hydrogen-bond acceptors (Lipinski definition) is 5. The lowest BCUT2D eigenvalue weighted by Gasteiger charge is -2.13. The van der Waals surface area contributed by atoms with Crippen molar-refractivity contribution in [3.05, 3.63) is 100.0 Å². The average molecular weight is 513 g/mol. The molecule has 1 aliphatic heterocycles. The van der Waals surface area contributed by atoms with Crippen molar-refractivity contribution in [2.45, 2.75) is 12.7 Å². The number of methoxy groups -OCH3 is 1. The molecule has 0 radical (unpaired) electrons. The molecule has 1 fully saturated rings. The monoisotopic (exact) mass is 512 g/mol. The van der Waals surface area contributed by atoms with Crippen molar-refractivity contribution in [3.8, 4) is 5.75 Å². The van der Waals surface area contributed by atoms with Gasteiger partial charge >= 0.3 is 6.18 Å². The zero-order chi connectivity index (χ0) is 25.9. The lowest BCUT2D eigenvalue weighted by Crippen LogP contribution is -2.27. The van der Waals surface area contributed by atoms with Crippen LogP contribution in [0.2, 0.25) is 0 Å². The Morgan fingerprint density at radius 1 is 1.03 bits per heavy atom. The molecule has 184 valence electrons. The van der Waals surface area contributed by atoms with E-state index in [1.165, 1.54) is 24.3 Å². The zero-order valence-corrected chi connectivity index (χ0v) is 19.7. The first-order chi connectivity index (χ1) is 17.1. The molecule has 3 amide bonds. The first-order valence-electron chi connectivity index (χ1n) is 10.6. The van der Waals surface area contributed by atoms with Crippen LogP contribution in [0.3, 0.4) is 0 Å². The lowest BCUT2D eigenvalue weighted by molar-refractivity contribution is -0.137. The summed E-state index contributed by atoms with van der Waals surface area (Å²) in [6.07, 6.45) is -2.89. The molecule has 10 heteroatoms. The van der Waals surface area contributed by atoms with E-state index in [1.807, 2.05) is 0 Å². The quantitative estimate of drug-likeness (QED) is 0.398. The van der Waals surface area contributed by atoms with E-state index in [1.54, 1.807) is 49.6 Å². The summed E-state index contributed by atoms with van der Waals surface area (Å²) in [4.78, 5) is 39.1. The second-order valence-corrected chi connectivity index (χ2v) is 8.76. The van der Waals surface area contributed by atoms with Gasteiger partial charge in [0.1, 0.15) is 5.75 Å². The molecular weight excluding hydrogens is 493 g/mol. The minimum atomic E-state index is -4.52. The Balaban J connectivity index is 1.41. The second-order valence-electron chi connectivity index (χ2n) is 7.77. The molecule has 1 heterocycles. The maximum atomic E-state index is 12.9. The van der Waals surface area contributed by atoms with Gasteiger partial charge in [-0.05, 0) is 71.4 Å². The Morgan fingerprint density at radius 2 is 1.72 bits per heavy atom. The Morgan fingerprint density at radius 3 is 2.36 bits per heavy atom. The molecule has 0 spiro atoms. The predicted octanol–water partition coefficient (Wildman–Crippen LogP) is 6.20. The number of benzene rings is 3. The second kappa shape index (κ2) is 10.3. The van der Waals surface area contributed by atoms with Gasteiger partial charge in [-0.15, -0.1) is 0 Å². The van der Waals surface area contributed by atoms with Gasteiger partial charge in [0.05, 0.1) is 24.1 Å². The van der Waals surface area contributed by atoms with Crippen molar-refractivity contribution in [2.24, 2.45) is 0 Å². The van der Waals surface area contributed by atoms with Gasteiger partial charge in [0.2, 0.25) is 0 Å². The van der Waals surface area contributed by atoms with E-state index >= 15 is 0 Å². The number of thioether (sulfide) groups is 1. The molecule has 0 atom stereocenters. The third-order valence-electron chi connectivity index (χ3n) is 5.29. The Bertz CT molecular complexity index is 1340. The first-order valence-corrected chi connectivity index (χ1v) is 11.4. The number of amides is 3. The van der Waals surface area contributed by atoms with Gasteiger partial charge in [-0.2, -0.15) is 13.2 Å². The number of halogens is 3. The zero-order valence-electron chi connectivity index (χ0n) is 18.8. The molecule has 0 aliphatic carbocycles. The number of hydrogen-bond donors (Lipinski definition) is 1. The van der Waals surface area contributed by atoms with Crippen LogP contribution < -0.4 is 10.1 Å². The van der Waals surface area contributed by atoms with Crippen LogP contribution in [0.25, 0.3) is 6.08 Å². The van der Waals surface area contributed by atoms with E-state index in [0.717, 1.165) is 34.4 Å². The van der Waals surface area contributed by atoms with Crippen LogP contribution in [-0.4, -0.2) is 29.1 Å². The number of carbonyl (C=O) groups excluding carboxylic acids is 3. The van der Waals surface area contributed by atoms with Crippen LogP contribution in [0.4, 0.5) is 23.7 Å². The van der Waals surface area contributed by atoms with Crippen molar-refractivity contribution >= 4 is 40.6 Å². The first kappa shape index (κ1) is 25.1. The molecule has 3 aromatic carbocycles. The fourth-order valence-corrected chi connectivity index (χ4v) is 4.25. The van der Waals surface area contributed by atoms with Crippen LogP contribution in [0, 0.1) is 0 Å². The minimum absolute atomic E-state index is 0.0140. The van der Waals surface area contributed by atoms with Gasteiger partial charge in [-0.25, -0.2) is 0 Å². The van der Waals surface area contributed by atoms with Crippen LogP contribution in [-0.2, 0) is 17.5 Å². The Kier molecular flexibility index (Phi) is 7.16. The molecule has 0 unspecified atom stereocenters. The van der Waals surface area contributed by atoms with Crippen LogP contribution in [0.15, 0.2) is 77.7 Å². The standard InChI is InChI=1S/C26H19F3N2O4S/c1-35-21-11-7-16(8-12-21)13-22-24(33)31(25(34)36-22)15-17-5-9-18(10-6-17)23(32)30-20-4-2-3-19(14-20)26(27,28)29/h2-14H,15H2,1H3,(H,30,32)/b22-13-. The number of ether oxygens (including phenoxy) is 1. The Hall–Kier alpha value is -4.05. The lowest BCUT2D eigenvalue weighted by atomic mass is 10.1. The van der Waals surface area contributed by atoms with E-state index in [9.17, 15) is 27.6 Å². The molecule has 36 heavy (non-hydrogen) atoms. The molecule has 0 bridgehead atoms. The SMILES string of the molecule is COc1ccc(/C=C2\SC(=O)N(Cc3ccc(C(=O)Nc4cccc(C(F)(F)F)c4)cc3)C2=O)cc1. The number of imide groups is 1. The van der Waals surface area contributed by atoms with Crippen LogP contribution in [0.1, 0.15) is 27.0 Å². The fraction of sp³-hybridized carbons (Fsp3) is 0.115. The summed E-state index contributed by atoms with van der Waals surface area (Å²) in [5.74, 6) is -0.339. The number of rotatable bonds is 6. The average Bonchev–Trinajstić information content (AvgIpc) is 3.12. The van der Waals surface area contributed by atoms with Gasteiger partial charge in [0.15, 0.2) is 0 Å². The van der Waals surface area contributed by atoms with E-state index < -0.39 is 28.8 Å². The number of nitrogens with one attached hydrogen (secondary N) is 1. The Labute approximate surface area is 208 Å². The highest BCUT2D eigenvalue weighted by Gasteiger charge is 2.35. The minimum Gasteiger partial charge on any atom is -0.497 e. The van der Waals surface area contributed by atoms with Crippen molar-refractivity contribution in [2.75, 3.05) is 12.4 Å². The molecule has 0 aromatic heterocycles. The summed E-state index contributed by atoms with van der Waals surface area (Å²) in [6, 6.07) is 17.5. The molecule has 1 N–H and O–H groups in total. The van der Waals surface area contributed by atoms with Gasteiger partial charge in [-0.3, -0.25) is 19.3 Å². The third-order valence-corrected chi connectivity index (χ3v) is 6.20. The van der Waals surface area contributed by atoms with Gasteiger partial charge in [0, 0.05) is 11.3 Å². The summed E-state index contributed by atoms with van der Waals surface area (Å²) in [7, 11) is 1.55. The maximum absolute atomic E-state index is 12.9. The maximum Gasteiger partial charge on any atom is 0.416 e. The number of nitrogens with zero attached hydrogens (tertiary/aromatic N) is 1. The van der Waals surface area contributed by atoms with E-state index in [-0.39, 0.29) is 17.8 Å². The molecular formula is C26H19F3N2O4S. The predicted molar refractivity (Wildman–Crippen MR) is 130 cm³/mol. The van der Waals surface area contributed by atoms with E-state index in [0.29, 0.717) is 16.2 Å². The summed E-state index contributed by atoms with van der Waals surface area (Å²) in [5, 5.41) is 2.03. The third kappa shape index (κ3) is 5.77. The summed E-state index contributed by atoms with van der Waals surface area (Å²) in [5.41, 5.74) is 0.718. The molecule has 1 saturated heterocycles. The van der Waals surface area contributed by atoms with Gasteiger partial charge < -0.3 is 10.1 Å². The number of alkyl halides is 3. The van der Waals surface area contributed by atoms with Crippen molar-refractivity contribution in [1.82, 2.24) is 4.90 Å². The highest BCUT2D eigenvalue weighted by atomic mass is 32.2. The summed E-state index contributed by atoms with van der Waals surface area (Å²) < 4.78 is 43.8. The van der Waals surface area contributed by atoms with E-state index in [4.69, 9.17) is 4.74 Å². The molecule has 1 aliphatic rings. The van der Waals surface area contributed by atoms with Crippen LogP contribution in [0.5, 0.6) is 5.75 Å². The largest absolute Gasteiger partial charge is 0.497 e. The normalized spacial score (nSPS) is 14.9. The highest BCUT2D eigenvalue weighted by Crippen LogP contribution is 2.34. The van der Waals surface area contributed by atoms with Gasteiger partial charge in [0.25, 0.3) is 17.1 Å². The summed E-state index contributed by atoms with van der Waals surface area (Å²) >= 11 is 0.841. The summed E-state index contributed by atoms with van der Waals surface area (Å²) in [6.45, 7) is 0.0140. The van der Waals surface area contributed by atoms with Crippen LogP contribution >= 0.6 is 11.8 Å². The molecule has 6 nitrogen and oxygen atoms in total. The number of carbonyl (C=O) groups is 3. The molecule has 3 aromatic rings. The van der Waals surface area contributed by atoms with Crippen molar-refractivity contribution < 1.29 is 32.3 Å². The van der Waals surface area contributed by atoms with E-state index in [2.05, 4.69) is 5.32 Å². The highest BCUT2D eigenvalue weighted by molar-refractivity contribution is 8.18. The topological polar surface area (TPSA) is 75.7 Å².